The van der Waals surface area contributed by atoms with Crippen LogP contribution < -0.4 is 0 Å². The minimum atomic E-state index is 0.328. The van der Waals surface area contributed by atoms with Crippen molar-refractivity contribution in [2.75, 3.05) is 0 Å². The van der Waals surface area contributed by atoms with Crippen LogP contribution in [0.3, 0.4) is 0 Å². The maximum Gasteiger partial charge on any atom is 0.142 e. The molecule has 0 N–H and O–H groups in total. The summed E-state index contributed by atoms with van der Waals surface area (Å²) < 4.78 is 0.441. The van der Waals surface area contributed by atoms with Crippen LogP contribution in [-0.4, -0.2) is 4.75 Å². The predicted molar refractivity (Wildman–Crippen MR) is 85.1 cm³/mol. The van der Waals surface area contributed by atoms with Gasteiger partial charge in [0, 0.05) is 17.7 Å². The van der Waals surface area contributed by atoms with Crippen LogP contribution in [0, 0.1) is 5.75 Å². The van der Waals surface area contributed by atoms with Crippen molar-refractivity contribution in [3.63, 3.8) is 0 Å². The molecule has 2 atom stereocenters. The highest BCUT2D eigenvalue weighted by Gasteiger charge is 2.55. The Bertz CT molecular complexity index is 530. The number of rotatable bonds is 3. The molecule has 2 aromatic carbocycles. The molecular formula is C18H20S. The van der Waals surface area contributed by atoms with E-state index in [1.165, 1.54) is 17.5 Å². The largest absolute Gasteiger partial charge is 0.159 e. The van der Waals surface area contributed by atoms with E-state index in [4.69, 9.17) is 0 Å². The van der Waals surface area contributed by atoms with E-state index in [0.29, 0.717) is 20.9 Å². The highest BCUT2D eigenvalue weighted by Crippen LogP contribution is 2.53. The van der Waals surface area contributed by atoms with E-state index in [2.05, 4.69) is 80.3 Å². The van der Waals surface area contributed by atoms with Gasteiger partial charge in [0.05, 0.1) is 0 Å². The number of hydrogen-bond acceptors (Lipinski definition) is 0. The van der Waals surface area contributed by atoms with Gasteiger partial charge in [-0.25, -0.2) is 0 Å². The van der Waals surface area contributed by atoms with E-state index in [1.54, 1.807) is 0 Å². The van der Waals surface area contributed by atoms with Crippen molar-refractivity contribution < 1.29 is 0 Å². The average molecular weight is 268 g/mol. The summed E-state index contributed by atoms with van der Waals surface area (Å²) >= 11 is 0. The van der Waals surface area contributed by atoms with Crippen LogP contribution in [0.25, 0.3) is 0 Å². The van der Waals surface area contributed by atoms with Gasteiger partial charge in [-0.05, 0) is 24.7 Å². The third-order valence-electron chi connectivity index (χ3n) is 3.86. The van der Waals surface area contributed by atoms with Crippen LogP contribution in [0.4, 0.5) is 0 Å². The lowest BCUT2D eigenvalue weighted by Crippen LogP contribution is -2.48. The number of hydrogen-bond donors (Lipinski definition) is 0. The Kier molecular flexibility index (Phi) is 3.32. The van der Waals surface area contributed by atoms with Crippen molar-refractivity contribution in [2.24, 2.45) is 0 Å². The highest BCUT2D eigenvalue weighted by atomic mass is 32.2. The normalized spacial score (nSPS) is 24.5. The second kappa shape index (κ2) is 4.97. The maximum absolute atomic E-state index is 2.49. The summed E-state index contributed by atoms with van der Waals surface area (Å²) in [6.07, 6.45) is 1.30. The molecular weight excluding hydrogens is 248 g/mol. The molecule has 2 unspecified atom stereocenters. The Morgan fingerprint density at radius 1 is 0.947 bits per heavy atom. The second-order valence-electron chi connectivity index (χ2n) is 5.76. The second-order valence-corrected chi connectivity index (χ2v) is 8.42. The van der Waals surface area contributed by atoms with E-state index in [0.717, 1.165) is 0 Å². The van der Waals surface area contributed by atoms with Crippen LogP contribution in [0.2, 0.25) is 0 Å². The van der Waals surface area contributed by atoms with Crippen LogP contribution in [-0.2, 0) is 10.9 Å². The molecule has 1 heteroatoms. The first-order valence-electron chi connectivity index (χ1n) is 6.84. The van der Waals surface area contributed by atoms with E-state index in [1.807, 2.05) is 0 Å². The van der Waals surface area contributed by atoms with E-state index in [-0.39, 0.29) is 0 Å². The molecule has 0 nitrogen and oxygen atoms in total. The van der Waals surface area contributed by atoms with Gasteiger partial charge in [-0.2, -0.15) is 12.1 Å². The molecule has 2 aromatic rings. The van der Waals surface area contributed by atoms with Gasteiger partial charge in [0.1, 0.15) is 10.00 Å². The summed E-state index contributed by atoms with van der Waals surface area (Å²) in [5, 5.41) is 0.705. The molecule has 1 heterocycles. The van der Waals surface area contributed by atoms with Gasteiger partial charge >= 0.3 is 0 Å². The summed E-state index contributed by atoms with van der Waals surface area (Å²) in [6.45, 7) is 4.80. The molecule has 0 aromatic heterocycles. The Labute approximate surface area is 119 Å². The smallest absolute Gasteiger partial charge is 0.142 e. The van der Waals surface area contributed by atoms with Crippen molar-refractivity contribution in [2.45, 2.75) is 30.3 Å². The zero-order chi connectivity index (χ0) is 13.3. The van der Waals surface area contributed by atoms with Gasteiger partial charge in [-0.1, -0.05) is 36.4 Å². The zero-order valence-corrected chi connectivity index (χ0v) is 12.4. The minimum absolute atomic E-state index is 0.328. The molecule has 1 saturated heterocycles. The molecule has 0 spiro atoms. The van der Waals surface area contributed by atoms with Gasteiger partial charge in [0.2, 0.25) is 0 Å². The molecule has 0 amide bonds. The van der Waals surface area contributed by atoms with Crippen molar-refractivity contribution in [3.8, 4) is 0 Å². The summed E-state index contributed by atoms with van der Waals surface area (Å²) in [5.74, 6) is 2.49. The lowest BCUT2D eigenvalue weighted by Gasteiger charge is -2.44. The van der Waals surface area contributed by atoms with Crippen LogP contribution in [0.15, 0.2) is 60.7 Å². The van der Waals surface area contributed by atoms with Gasteiger partial charge in [0.25, 0.3) is 0 Å². The summed E-state index contributed by atoms with van der Waals surface area (Å²) in [6, 6.07) is 21.7. The van der Waals surface area contributed by atoms with E-state index in [9.17, 15) is 0 Å². The van der Waals surface area contributed by atoms with E-state index < -0.39 is 0 Å². The SMILES string of the molecule is CC1(C)CC(c2ccccc2)[S+]1[CH-]c1ccccc1. The Balaban J connectivity index is 1.81. The molecule has 1 aliphatic rings. The monoisotopic (exact) mass is 268 g/mol. The Morgan fingerprint density at radius 3 is 2.11 bits per heavy atom. The van der Waals surface area contributed by atoms with Crippen LogP contribution >= 0.6 is 0 Å². The highest BCUT2D eigenvalue weighted by molar-refractivity contribution is 8.01. The molecule has 3 rings (SSSR count). The predicted octanol–water partition coefficient (Wildman–Crippen LogP) is 4.74. The molecule has 98 valence electrons. The summed E-state index contributed by atoms with van der Waals surface area (Å²) in [4.78, 5) is 0. The van der Waals surface area contributed by atoms with Crippen molar-refractivity contribution >= 4 is 10.9 Å². The first kappa shape index (κ1) is 12.7. The van der Waals surface area contributed by atoms with Crippen LogP contribution in [0.5, 0.6) is 0 Å². The van der Waals surface area contributed by atoms with Crippen molar-refractivity contribution in [1.82, 2.24) is 0 Å². The van der Waals surface area contributed by atoms with Gasteiger partial charge in [-0.15, -0.1) is 17.7 Å². The molecule has 0 bridgehead atoms. The third-order valence-corrected chi connectivity index (χ3v) is 6.88. The zero-order valence-electron chi connectivity index (χ0n) is 11.5. The molecule has 1 fully saturated rings. The van der Waals surface area contributed by atoms with E-state index >= 15 is 0 Å². The fraction of sp³-hybridized carbons (Fsp3) is 0.278. The topological polar surface area (TPSA) is 0 Å². The minimum Gasteiger partial charge on any atom is -0.159 e. The molecule has 1 aliphatic heterocycles. The average Bonchev–Trinajstić information content (AvgIpc) is 2.45. The van der Waals surface area contributed by atoms with Gasteiger partial charge in [-0.3, -0.25) is 0 Å². The van der Waals surface area contributed by atoms with Crippen molar-refractivity contribution in [1.29, 1.82) is 0 Å². The molecule has 19 heavy (non-hydrogen) atoms. The molecule has 0 saturated carbocycles. The summed E-state index contributed by atoms with van der Waals surface area (Å²) in [7, 11) is 0.328. The summed E-state index contributed by atoms with van der Waals surface area (Å²) in [5.41, 5.74) is 2.86. The first-order chi connectivity index (χ1) is 9.17. The van der Waals surface area contributed by atoms with Crippen molar-refractivity contribution in [3.05, 3.63) is 77.5 Å². The molecule has 0 aliphatic carbocycles. The first-order valence-corrected chi connectivity index (χ1v) is 8.19. The lowest BCUT2D eigenvalue weighted by atomic mass is 9.99. The fourth-order valence-corrected chi connectivity index (χ4v) is 5.58. The van der Waals surface area contributed by atoms with Gasteiger partial charge in [0.15, 0.2) is 0 Å². The fourth-order valence-electron chi connectivity index (χ4n) is 2.77. The van der Waals surface area contributed by atoms with Gasteiger partial charge < -0.3 is 0 Å². The Hall–Kier alpha value is -1.34. The third kappa shape index (κ3) is 2.52. The molecule has 0 radical (unpaired) electrons. The van der Waals surface area contributed by atoms with Crippen LogP contribution in [0.1, 0.15) is 36.6 Å². The number of benzene rings is 2. The Morgan fingerprint density at radius 2 is 1.53 bits per heavy atom. The standard InChI is InChI=1S/C18H20S/c1-18(2)13-17(16-11-7-4-8-12-16)19(18)14-15-9-5-3-6-10-15/h3-12,14,17H,13H2,1-2H3. The quantitative estimate of drug-likeness (QED) is 0.557. The lowest BCUT2D eigenvalue weighted by molar-refractivity contribution is 0.557. The maximum atomic E-state index is 2.49.